The van der Waals surface area contributed by atoms with E-state index in [1.807, 2.05) is 36.4 Å². The van der Waals surface area contributed by atoms with Gasteiger partial charge in [-0.25, -0.2) is 12.8 Å². The van der Waals surface area contributed by atoms with Crippen molar-refractivity contribution >= 4 is 33.4 Å². The van der Waals surface area contributed by atoms with Gasteiger partial charge in [0.1, 0.15) is 12.4 Å². The number of rotatable bonds is 14. The monoisotopic (exact) mass is 636 g/mol. The SMILES string of the molecule is C[C@H](NC[C@H](Cc1ccccc1)NC(=O)c1cc(C(=O)N[C@H](C)c2ccc(F)cc2)cc(N(C)S(C)(=O)=O)c1)C(=O)NCC#N. The Morgan fingerprint density at radius 3 is 2.11 bits per heavy atom. The number of benzene rings is 3. The molecule has 11 nitrogen and oxygen atoms in total. The number of hydrogen-bond acceptors (Lipinski definition) is 7. The highest BCUT2D eigenvalue weighted by Gasteiger charge is 2.22. The second kappa shape index (κ2) is 15.8. The van der Waals surface area contributed by atoms with Crippen LogP contribution in [0, 0.1) is 17.1 Å². The molecular formula is C32H37FN6O5S. The fourth-order valence-electron chi connectivity index (χ4n) is 4.39. The number of sulfonamides is 1. The third kappa shape index (κ3) is 10.4. The predicted molar refractivity (Wildman–Crippen MR) is 169 cm³/mol. The lowest BCUT2D eigenvalue weighted by molar-refractivity contribution is -0.122. The summed E-state index contributed by atoms with van der Waals surface area (Å²) in [5.74, 6) is -1.92. The van der Waals surface area contributed by atoms with Crippen LogP contribution in [-0.2, 0) is 21.2 Å². The number of nitrogens with zero attached hydrogens (tertiary/aromatic N) is 2. The molecule has 0 unspecified atom stereocenters. The predicted octanol–water partition coefficient (Wildman–Crippen LogP) is 2.67. The average molecular weight is 637 g/mol. The van der Waals surface area contributed by atoms with E-state index in [9.17, 15) is 27.2 Å². The normalized spacial score (nSPS) is 13.1. The van der Waals surface area contributed by atoms with Gasteiger partial charge in [0.2, 0.25) is 15.9 Å². The van der Waals surface area contributed by atoms with E-state index in [-0.39, 0.29) is 35.8 Å². The molecule has 0 heterocycles. The van der Waals surface area contributed by atoms with Crippen LogP contribution in [0.1, 0.15) is 51.7 Å². The van der Waals surface area contributed by atoms with Gasteiger partial charge in [0, 0.05) is 30.8 Å². The van der Waals surface area contributed by atoms with Crippen molar-refractivity contribution in [3.05, 3.63) is 101 Å². The van der Waals surface area contributed by atoms with E-state index < -0.39 is 45.8 Å². The quantitative estimate of drug-likeness (QED) is 0.198. The molecule has 3 atom stereocenters. The highest BCUT2D eigenvalue weighted by molar-refractivity contribution is 7.92. The molecule has 0 saturated heterocycles. The molecule has 4 N–H and O–H groups in total. The van der Waals surface area contributed by atoms with E-state index in [0.29, 0.717) is 12.0 Å². The average Bonchev–Trinajstić information content (AvgIpc) is 3.01. The summed E-state index contributed by atoms with van der Waals surface area (Å²) < 4.78 is 39.1. The molecule has 0 radical (unpaired) electrons. The molecule has 238 valence electrons. The van der Waals surface area contributed by atoms with Crippen molar-refractivity contribution in [2.45, 2.75) is 38.4 Å². The van der Waals surface area contributed by atoms with Crippen molar-refractivity contribution in [2.24, 2.45) is 0 Å². The Labute approximate surface area is 262 Å². The van der Waals surface area contributed by atoms with Gasteiger partial charge in [-0.2, -0.15) is 5.26 Å². The second-order valence-electron chi connectivity index (χ2n) is 10.6. The minimum absolute atomic E-state index is 0.0421. The molecule has 0 saturated carbocycles. The molecule has 0 aliphatic carbocycles. The molecule has 0 aromatic heterocycles. The van der Waals surface area contributed by atoms with Gasteiger partial charge in [0.25, 0.3) is 11.8 Å². The van der Waals surface area contributed by atoms with E-state index in [1.165, 1.54) is 37.4 Å². The lowest BCUT2D eigenvalue weighted by Crippen LogP contribution is -2.49. The zero-order valence-corrected chi connectivity index (χ0v) is 26.3. The lowest BCUT2D eigenvalue weighted by atomic mass is 10.0. The van der Waals surface area contributed by atoms with Gasteiger partial charge in [-0.05, 0) is 61.7 Å². The van der Waals surface area contributed by atoms with E-state index in [1.54, 1.807) is 26.0 Å². The fraction of sp³-hybridized carbons (Fsp3) is 0.312. The Bertz CT molecular complexity index is 1640. The highest BCUT2D eigenvalue weighted by Crippen LogP contribution is 2.22. The van der Waals surface area contributed by atoms with Gasteiger partial charge in [0.15, 0.2) is 0 Å². The molecule has 0 aliphatic rings. The number of anilines is 1. The summed E-state index contributed by atoms with van der Waals surface area (Å²) in [6.07, 6.45) is 1.41. The first-order valence-electron chi connectivity index (χ1n) is 14.2. The molecule has 3 aromatic carbocycles. The van der Waals surface area contributed by atoms with Crippen molar-refractivity contribution in [3.63, 3.8) is 0 Å². The summed E-state index contributed by atoms with van der Waals surface area (Å²) in [6, 6.07) is 19.3. The molecule has 3 rings (SSSR count). The zero-order chi connectivity index (χ0) is 33.1. The topological polar surface area (TPSA) is 160 Å². The molecule has 0 bridgehead atoms. The first-order valence-corrected chi connectivity index (χ1v) is 16.0. The van der Waals surface area contributed by atoms with Crippen LogP contribution in [-0.4, -0.2) is 64.6 Å². The number of nitrogens with one attached hydrogen (secondary N) is 4. The van der Waals surface area contributed by atoms with Crippen molar-refractivity contribution in [1.29, 1.82) is 5.26 Å². The smallest absolute Gasteiger partial charge is 0.251 e. The van der Waals surface area contributed by atoms with Crippen LogP contribution in [0.5, 0.6) is 0 Å². The summed E-state index contributed by atoms with van der Waals surface area (Å²) in [4.78, 5) is 39.2. The molecule has 0 spiro atoms. The van der Waals surface area contributed by atoms with Gasteiger partial charge in [-0.3, -0.25) is 18.7 Å². The Morgan fingerprint density at radius 1 is 0.933 bits per heavy atom. The minimum atomic E-state index is -3.74. The van der Waals surface area contributed by atoms with Crippen LogP contribution in [0.4, 0.5) is 10.1 Å². The first kappa shape index (κ1) is 34.7. The van der Waals surface area contributed by atoms with Gasteiger partial charge < -0.3 is 21.3 Å². The third-order valence-electron chi connectivity index (χ3n) is 7.09. The summed E-state index contributed by atoms with van der Waals surface area (Å²) in [5.41, 5.74) is 1.76. The van der Waals surface area contributed by atoms with Crippen LogP contribution in [0.15, 0.2) is 72.8 Å². The van der Waals surface area contributed by atoms with Crippen LogP contribution < -0.4 is 25.6 Å². The Kier molecular flexibility index (Phi) is 12.2. The van der Waals surface area contributed by atoms with Gasteiger partial charge in [0.05, 0.1) is 30.1 Å². The lowest BCUT2D eigenvalue weighted by Gasteiger charge is -2.23. The number of carbonyl (C=O) groups excluding carboxylic acids is 3. The summed E-state index contributed by atoms with van der Waals surface area (Å²) in [5, 5.41) is 20.0. The fourth-order valence-corrected chi connectivity index (χ4v) is 4.88. The number of amides is 3. The first-order chi connectivity index (χ1) is 21.3. The van der Waals surface area contributed by atoms with E-state index >= 15 is 0 Å². The molecule has 3 aromatic rings. The highest BCUT2D eigenvalue weighted by atomic mass is 32.2. The van der Waals surface area contributed by atoms with Crippen LogP contribution in [0.25, 0.3) is 0 Å². The van der Waals surface area contributed by atoms with Crippen LogP contribution in [0.2, 0.25) is 0 Å². The number of halogens is 1. The number of hydrogen-bond donors (Lipinski definition) is 4. The molecule has 0 aliphatic heterocycles. The molecule has 0 fully saturated rings. The second-order valence-corrected chi connectivity index (χ2v) is 12.6. The number of nitriles is 1. The molecular weight excluding hydrogens is 599 g/mol. The Hall–Kier alpha value is -4.80. The van der Waals surface area contributed by atoms with Crippen molar-refractivity contribution in [3.8, 4) is 6.07 Å². The maximum absolute atomic E-state index is 13.7. The Balaban J connectivity index is 1.89. The molecule has 45 heavy (non-hydrogen) atoms. The maximum atomic E-state index is 13.7. The van der Waals surface area contributed by atoms with E-state index in [2.05, 4.69) is 21.3 Å². The molecule has 3 amide bonds. The van der Waals surface area contributed by atoms with Crippen molar-refractivity contribution in [2.75, 3.05) is 30.7 Å². The van der Waals surface area contributed by atoms with Crippen LogP contribution in [0.3, 0.4) is 0 Å². The standard InChI is InChI=1S/C32H37FN6O5S/c1-21(24-10-12-27(33)13-11-24)37-31(41)25-17-26(19-29(18-25)39(3)45(4,43)44)32(42)38-28(16-23-8-6-5-7-9-23)20-36-22(2)30(40)35-15-14-34/h5-13,17-19,21-22,28,36H,15-16,20H2,1-4H3,(H,35,40)(H,37,41)(H,38,42)/t21-,22+,28+/m1/s1. The van der Waals surface area contributed by atoms with E-state index in [0.717, 1.165) is 16.1 Å². The molecule has 13 heteroatoms. The van der Waals surface area contributed by atoms with Gasteiger partial charge in [-0.15, -0.1) is 0 Å². The van der Waals surface area contributed by atoms with Crippen LogP contribution >= 0.6 is 0 Å². The zero-order valence-electron chi connectivity index (χ0n) is 25.5. The third-order valence-corrected chi connectivity index (χ3v) is 8.29. The van der Waals surface area contributed by atoms with Crippen molar-refractivity contribution in [1.82, 2.24) is 21.3 Å². The van der Waals surface area contributed by atoms with E-state index in [4.69, 9.17) is 5.26 Å². The van der Waals surface area contributed by atoms with Gasteiger partial charge in [-0.1, -0.05) is 42.5 Å². The summed E-state index contributed by atoms with van der Waals surface area (Å²) in [7, 11) is -2.43. The maximum Gasteiger partial charge on any atom is 0.251 e. The van der Waals surface area contributed by atoms with Crippen molar-refractivity contribution < 1.29 is 27.2 Å². The van der Waals surface area contributed by atoms with Gasteiger partial charge >= 0.3 is 0 Å². The minimum Gasteiger partial charge on any atom is -0.348 e. The summed E-state index contributed by atoms with van der Waals surface area (Å²) in [6.45, 7) is 3.41. The Morgan fingerprint density at radius 2 is 1.53 bits per heavy atom. The summed E-state index contributed by atoms with van der Waals surface area (Å²) >= 11 is 0. The largest absolute Gasteiger partial charge is 0.348 e. The number of carbonyl (C=O) groups is 3.